The fourth-order valence-corrected chi connectivity index (χ4v) is 4.35. The van der Waals surface area contributed by atoms with E-state index in [1.807, 2.05) is 25.1 Å². The number of allylic oxidation sites excluding steroid dienone is 2. The van der Waals surface area contributed by atoms with Crippen molar-refractivity contribution in [2.45, 2.75) is 45.7 Å². The monoisotopic (exact) mass is 445 g/mol. The van der Waals surface area contributed by atoms with Gasteiger partial charge in [-0.2, -0.15) is 0 Å². The topological polar surface area (TPSA) is 86.8 Å². The molecule has 0 bridgehead atoms. The lowest BCUT2D eigenvalue weighted by molar-refractivity contribution is -0.143. The van der Waals surface area contributed by atoms with Gasteiger partial charge in [-0.1, -0.05) is 42.0 Å². The summed E-state index contributed by atoms with van der Waals surface area (Å²) in [6.45, 7) is 4.10. The minimum atomic E-state index is -0.722. The highest BCUT2D eigenvalue weighted by Crippen LogP contribution is 2.35. The van der Waals surface area contributed by atoms with E-state index in [1.54, 1.807) is 25.1 Å². The summed E-state index contributed by atoms with van der Waals surface area (Å²) in [5.74, 6) is -1.63. The minimum absolute atomic E-state index is 0.0185. The fourth-order valence-electron chi connectivity index (χ4n) is 4.16. The molecule has 8 heteroatoms. The van der Waals surface area contributed by atoms with Crippen LogP contribution in [-0.4, -0.2) is 52.6 Å². The van der Waals surface area contributed by atoms with Gasteiger partial charge in [0.2, 0.25) is 23.6 Å². The molecule has 0 saturated carbocycles. The standard InChI is InChI=1S/C23H28ClN3O4/c1-3-25-21(29)15(2)27(14-16-8-4-7-11-19(16)24)20(28)12-13-26-22(30)17-9-5-6-10-18(17)23(26)31/h4-8,11,15,17-18H,3,9-10,12-14H2,1-2H3,(H,25,29)/t15-,17-,18+/m1/s1. The summed E-state index contributed by atoms with van der Waals surface area (Å²) in [4.78, 5) is 53.6. The van der Waals surface area contributed by atoms with Gasteiger partial charge in [0.15, 0.2) is 0 Å². The molecule has 1 aliphatic carbocycles. The first-order valence-electron chi connectivity index (χ1n) is 10.7. The SMILES string of the molecule is CCNC(=O)[C@@H](C)N(Cc1ccccc1Cl)C(=O)CCN1C(=O)[C@H]2CC=CC[C@H]2C1=O. The Morgan fingerprint density at radius 1 is 1.16 bits per heavy atom. The molecule has 0 spiro atoms. The number of amides is 4. The van der Waals surface area contributed by atoms with Gasteiger partial charge in [0.1, 0.15) is 6.04 Å². The lowest BCUT2D eigenvalue weighted by Crippen LogP contribution is -2.48. The average Bonchev–Trinajstić information content (AvgIpc) is 3.01. The Morgan fingerprint density at radius 3 is 2.35 bits per heavy atom. The molecule has 7 nitrogen and oxygen atoms in total. The van der Waals surface area contributed by atoms with E-state index in [2.05, 4.69) is 5.32 Å². The molecule has 1 N–H and O–H groups in total. The molecule has 1 saturated heterocycles. The van der Waals surface area contributed by atoms with Crippen molar-refractivity contribution in [2.24, 2.45) is 11.8 Å². The van der Waals surface area contributed by atoms with E-state index < -0.39 is 6.04 Å². The van der Waals surface area contributed by atoms with Crippen LogP contribution >= 0.6 is 11.6 Å². The van der Waals surface area contributed by atoms with E-state index in [0.717, 1.165) is 5.56 Å². The first kappa shape index (κ1) is 23.0. The number of imide groups is 1. The highest BCUT2D eigenvalue weighted by atomic mass is 35.5. The highest BCUT2D eigenvalue weighted by Gasteiger charge is 2.47. The zero-order chi connectivity index (χ0) is 22.5. The summed E-state index contributed by atoms with van der Waals surface area (Å²) in [5, 5.41) is 3.24. The Kier molecular flexibility index (Phi) is 7.49. The van der Waals surface area contributed by atoms with Crippen molar-refractivity contribution in [1.29, 1.82) is 0 Å². The molecule has 1 aromatic carbocycles. The predicted molar refractivity (Wildman–Crippen MR) is 117 cm³/mol. The predicted octanol–water partition coefficient (Wildman–Crippen LogP) is 2.53. The Labute approximate surface area is 187 Å². The Hall–Kier alpha value is -2.67. The molecule has 166 valence electrons. The maximum absolute atomic E-state index is 13.1. The quantitative estimate of drug-likeness (QED) is 0.492. The molecular formula is C23H28ClN3O4. The van der Waals surface area contributed by atoms with Gasteiger partial charge in [0, 0.05) is 31.1 Å². The van der Waals surface area contributed by atoms with Gasteiger partial charge in [-0.05, 0) is 38.3 Å². The second-order valence-corrected chi connectivity index (χ2v) is 8.32. The average molecular weight is 446 g/mol. The van der Waals surface area contributed by atoms with Crippen LogP contribution in [0.15, 0.2) is 36.4 Å². The summed E-state index contributed by atoms with van der Waals surface area (Å²) in [5.41, 5.74) is 0.721. The minimum Gasteiger partial charge on any atom is -0.355 e. The van der Waals surface area contributed by atoms with Crippen molar-refractivity contribution in [3.8, 4) is 0 Å². The third-order valence-electron chi connectivity index (χ3n) is 5.96. The van der Waals surface area contributed by atoms with E-state index in [9.17, 15) is 19.2 Å². The van der Waals surface area contributed by atoms with Gasteiger partial charge in [0.25, 0.3) is 0 Å². The second kappa shape index (κ2) is 10.1. The van der Waals surface area contributed by atoms with Crippen LogP contribution in [-0.2, 0) is 25.7 Å². The van der Waals surface area contributed by atoms with Crippen LogP contribution in [0.4, 0.5) is 0 Å². The summed E-state index contributed by atoms with van der Waals surface area (Å²) in [6.07, 6.45) is 4.94. The molecule has 1 fully saturated rings. The van der Waals surface area contributed by atoms with Crippen molar-refractivity contribution in [1.82, 2.24) is 15.1 Å². The first-order chi connectivity index (χ1) is 14.8. The van der Waals surface area contributed by atoms with Crippen LogP contribution in [0.2, 0.25) is 5.02 Å². The molecule has 4 amide bonds. The van der Waals surface area contributed by atoms with E-state index >= 15 is 0 Å². The molecule has 1 heterocycles. The maximum atomic E-state index is 13.1. The molecule has 1 aliphatic heterocycles. The Balaban J connectivity index is 1.72. The number of hydrogen-bond acceptors (Lipinski definition) is 4. The summed E-state index contributed by atoms with van der Waals surface area (Å²) in [6, 6.07) is 6.43. The molecular weight excluding hydrogens is 418 g/mol. The van der Waals surface area contributed by atoms with Crippen molar-refractivity contribution in [3.63, 3.8) is 0 Å². The zero-order valence-electron chi connectivity index (χ0n) is 17.8. The van der Waals surface area contributed by atoms with Gasteiger partial charge in [-0.15, -0.1) is 0 Å². The molecule has 0 unspecified atom stereocenters. The Morgan fingerprint density at radius 2 is 1.77 bits per heavy atom. The largest absolute Gasteiger partial charge is 0.355 e. The maximum Gasteiger partial charge on any atom is 0.242 e. The van der Waals surface area contributed by atoms with E-state index in [0.29, 0.717) is 24.4 Å². The second-order valence-electron chi connectivity index (χ2n) is 7.92. The summed E-state index contributed by atoms with van der Waals surface area (Å²) in [7, 11) is 0. The van der Waals surface area contributed by atoms with Crippen LogP contribution in [0.25, 0.3) is 0 Å². The van der Waals surface area contributed by atoms with Gasteiger partial charge >= 0.3 is 0 Å². The van der Waals surface area contributed by atoms with Crippen molar-refractivity contribution >= 4 is 35.2 Å². The number of carbonyl (C=O) groups excluding carboxylic acids is 4. The van der Waals surface area contributed by atoms with Crippen LogP contribution in [0.3, 0.4) is 0 Å². The number of rotatable bonds is 8. The summed E-state index contributed by atoms with van der Waals surface area (Å²) >= 11 is 6.27. The molecule has 31 heavy (non-hydrogen) atoms. The molecule has 3 atom stereocenters. The number of halogens is 1. The smallest absolute Gasteiger partial charge is 0.242 e. The van der Waals surface area contributed by atoms with E-state index in [4.69, 9.17) is 11.6 Å². The van der Waals surface area contributed by atoms with E-state index in [1.165, 1.54) is 9.80 Å². The zero-order valence-corrected chi connectivity index (χ0v) is 18.6. The fraction of sp³-hybridized carbons (Fsp3) is 0.478. The number of fused-ring (bicyclic) bond motifs is 1. The third-order valence-corrected chi connectivity index (χ3v) is 6.33. The van der Waals surface area contributed by atoms with E-state index in [-0.39, 0.29) is 55.0 Å². The molecule has 2 aliphatic rings. The van der Waals surface area contributed by atoms with Crippen molar-refractivity contribution in [2.75, 3.05) is 13.1 Å². The number of nitrogens with zero attached hydrogens (tertiary/aromatic N) is 2. The summed E-state index contributed by atoms with van der Waals surface area (Å²) < 4.78 is 0. The van der Waals surface area contributed by atoms with Crippen molar-refractivity contribution in [3.05, 3.63) is 47.0 Å². The molecule has 3 rings (SSSR count). The highest BCUT2D eigenvalue weighted by molar-refractivity contribution is 6.31. The lowest BCUT2D eigenvalue weighted by Gasteiger charge is -2.29. The normalized spacial score (nSPS) is 21.1. The molecule has 1 aromatic rings. The van der Waals surface area contributed by atoms with Crippen molar-refractivity contribution < 1.29 is 19.2 Å². The first-order valence-corrected chi connectivity index (χ1v) is 11.0. The number of nitrogens with one attached hydrogen (secondary N) is 1. The third kappa shape index (κ3) is 4.98. The van der Waals surface area contributed by atoms with Gasteiger partial charge in [0.05, 0.1) is 11.8 Å². The van der Waals surface area contributed by atoms with Crippen LogP contribution in [0, 0.1) is 11.8 Å². The number of likely N-dealkylation sites (tertiary alicyclic amines) is 1. The molecule has 0 aromatic heterocycles. The number of carbonyl (C=O) groups is 4. The lowest BCUT2D eigenvalue weighted by atomic mass is 9.85. The van der Waals surface area contributed by atoms with Crippen LogP contribution in [0.5, 0.6) is 0 Å². The van der Waals surface area contributed by atoms with Crippen LogP contribution < -0.4 is 5.32 Å². The van der Waals surface area contributed by atoms with Gasteiger partial charge < -0.3 is 10.2 Å². The number of benzene rings is 1. The Bertz CT molecular complexity index is 875. The number of likely N-dealkylation sites (N-methyl/N-ethyl adjacent to an activating group) is 1. The molecule has 0 radical (unpaired) electrons. The van der Waals surface area contributed by atoms with Gasteiger partial charge in [-0.3, -0.25) is 24.1 Å². The number of hydrogen-bond donors (Lipinski definition) is 1. The van der Waals surface area contributed by atoms with Gasteiger partial charge in [-0.25, -0.2) is 0 Å². The van der Waals surface area contributed by atoms with Crippen LogP contribution in [0.1, 0.15) is 38.7 Å².